The molecule has 1 heterocycles. The van der Waals surface area contributed by atoms with Crippen LogP contribution in [0.1, 0.15) is 49.9 Å². The predicted molar refractivity (Wildman–Crippen MR) is 287 cm³/mol. The third-order valence-electron chi connectivity index (χ3n) is 15.2. The Hall–Kier alpha value is -8.20. The lowest BCUT2D eigenvalue weighted by Gasteiger charge is -2.30. The molecule has 2 nitrogen and oxygen atoms in total. The summed E-state index contributed by atoms with van der Waals surface area (Å²) in [6.07, 6.45) is 0. The molecule has 0 aliphatic heterocycles. The predicted octanol–water partition coefficient (Wildman–Crippen LogP) is 17.9. The highest BCUT2D eigenvalue weighted by atomic mass is 15.1. The van der Waals surface area contributed by atoms with Crippen LogP contribution in [-0.4, -0.2) is 4.57 Å². The van der Waals surface area contributed by atoms with Crippen molar-refractivity contribution in [3.63, 3.8) is 0 Å². The van der Waals surface area contributed by atoms with E-state index in [-0.39, 0.29) is 10.8 Å². The van der Waals surface area contributed by atoms with Gasteiger partial charge in [0.25, 0.3) is 0 Å². The van der Waals surface area contributed by atoms with Crippen molar-refractivity contribution in [2.24, 2.45) is 0 Å². The minimum Gasteiger partial charge on any atom is -0.310 e. The summed E-state index contributed by atoms with van der Waals surface area (Å²) < 4.78 is 2.44. The molecule has 1 aromatic heterocycles. The zero-order valence-corrected chi connectivity index (χ0v) is 38.8. The minimum atomic E-state index is -0.136. The SMILES string of the molecule is CC1(C)c2ccccc2-c2ccc(N(c3cccc(-c4ccc(-c5cccc6c7ccccc7n(-c7ccccc7)c56)cc4-c4ccccc4)c3)c3ccc4c(c3)C(C)(C)c3ccccc3-4)cc21. The first-order valence-electron chi connectivity index (χ1n) is 23.9. The Balaban J connectivity index is 0.995. The van der Waals surface area contributed by atoms with Gasteiger partial charge in [0.15, 0.2) is 0 Å². The van der Waals surface area contributed by atoms with Crippen LogP contribution in [0, 0.1) is 0 Å². The summed E-state index contributed by atoms with van der Waals surface area (Å²) in [4.78, 5) is 2.49. The molecular formula is C66H50N2. The molecule has 11 aromatic rings. The second-order valence-corrected chi connectivity index (χ2v) is 19.7. The molecular weight excluding hydrogens is 821 g/mol. The summed E-state index contributed by atoms with van der Waals surface area (Å²) in [5.41, 5.74) is 24.6. The summed E-state index contributed by atoms with van der Waals surface area (Å²) in [6.45, 7) is 9.49. The van der Waals surface area contributed by atoms with Crippen LogP contribution in [0.5, 0.6) is 0 Å². The fourth-order valence-electron chi connectivity index (χ4n) is 11.8. The van der Waals surface area contributed by atoms with Crippen LogP contribution in [0.15, 0.2) is 231 Å². The van der Waals surface area contributed by atoms with Crippen LogP contribution >= 0.6 is 0 Å². The first-order chi connectivity index (χ1) is 33.3. The van der Waals surface area contributed by atoms with Gasteiger partial charge in [-0.05, 0) is 133 Å². The minimum absolute atomic E-state index is 0.136. The van der Waals surface area contributed by atoms with E-state index in [1.807, 2.05) is 0 Å². The lowest BCUT2D eigenvalue weighted by atomic mass is 9.82. The van der Waals surface area contributed by atoms with Crippen molar-refractivity contribution in [2.75, 3.05) is 4.90 Å². The van der Waals surface area contributed by atoms with Gasteiger partial charge in [0.05, 0.1) is 11.0 Å². The molecule has 0 radical (unpaired) electrons. The smallest absolute Gasteiger partial charge is 0.0619 e. The third kappa shape index (κ3) is 6.03. The molecule has 0 saturated carbocycles. The third-order valence-corrected chi connectivity index (χ3v) is 15.2. The quantitative estimate of drug-likeness (QED) is 0.155. The molecule has 68 heavy (non-hydrogen) atoms. The maximum Gasteiger partial charge on any atom is 0.0619 e. The summed E-state index contributed by atoms with van der Waals surface area (Å²) in [5, 5.41) is 2.50. The fourth-order valence-corrected chi connectivity index (χ4v) is 11.8. The van der Waals surface area contributed by atoms with Crippen LogP contribution in [-0.2, 0) is 10.8 Å². The van der Waals surface area contributed by atoms with Crippen molar-refractivity contribution in [3.05, 3.63) is 253 Å². The molecule has 0 saturated heterocycles. The Labute approximate surface area is 399 Å². The molecule has 0 bridgehead atoms. The van der Waals surface area contributed by atoms with Crippen LogP contribution in [0.2, 0.25) is 0 Å². The van der Waals surface area contributed by atoms with Gasteiger partial charge in [-0.3, -0.25) is 0 Å². The first-order valence-corrected chi connectivity index (χ1v) is 23.9. The van der Waals surface area contributed by atoms with Gasteiger partial charge in [-0.1, -0.05) is 198 Å². The van der Waals surface area contributed by atoms with E-state index in [4.69, 9.17) is 0 Å². The molecule has 324 valence electrons. The lowest BCUT2D eigenvalue weighted by molar-refractivity contribution is 0.660. The number of anilines is 3. The van der Waals surface area contributed by atoms with E-state index in [2.05, 4.69) is 268 Å². The van der Waals surface area contributed by atoms with Crippen molar-refractivity contribution in [2.45, 2.75) is 38.5 Å². The van der Waals surface area contributed by atoms with Gasteiger partial charge in [-0.15, -0.1) is 0 Å². The second kappa shape index (κ2) is 15.2. The Morgan fingerprint density at radius 1 is 0.309 bits per heavy atom. The van der Waals surface area contributed by atoms with Crippen LogP contribution < -0.4 is 4.90 Å². The van der Waals surface area contributed by atoms with Crippen LogP contribution in [0.3, 0.4) is 0 Å². The maximum absolute atomic E-state index is 2.49. The lowest BCUT2D eigenvalue weighted by Crippen LogP contribution is -2.18. The molecule has 13 rings (SSSR count). The number of rotatable bonds is 7. The molecule has 0 N–H and O–H groups in total. The van der Waals surface area contributed by atoms with E-state index < -0.39 is 0 Å². The molecule has 2 aliphatic carbocycles. The molecule has 0 fully saturated rings. The van der Waals surface area contributed by atoms with Gasteiger partial charge in [-0.2, -0.15) is 0 Å². The number of aromatic nitrogens is 1. The van der Waals surface area contributed by atoms with Gasteiger partial charge in [0, 0.05) is 49.9 Å². The second-order valence-electron chi connectivity index (χ2n) is 19.7. The first kappa shape index (κ1) is 40.1. The summed E-state index contributed by atoms with van der Waals surface area (Å²) >= 11 is 0. The standard InChI is InChI=1S/C66H50N2/c1-65(2)59-30-14-11-25-52(59)54-37-34-48(41-61(54)65)67(49-35-38-55-53-26-12-15-31-60(53)66(3,4)62(55)42-49)47-24-17-21-44(39-47)50-36-33-45(40-58(50)43-19-7-5-8-20-43)51-28-18-29-57-56-27-13-16-32-63(56)68(64(51)57)46-22-9-6-10-23-46/h5-42H,1-4H3. The zero-order valence-electron chi connectivity index (χ0n) is 38.8. The normalized spacial score (nSPS) is 13.8. The van der Waals surface area contributed by atoms with E-state index in [0.717, 1.165) is 28.3 Å². The van der Waals surface area contributed by atoms with Crippen molar-refractivity contribution in [1.29, 1.82) is 0 Å². The number of hydrogen-bond acceptors (Lipinski definition) is 1. The van der Waals surface area contributed by atoms with E-state index >= 15 is 0 Å². The topological polar surface area (TPSA) is 8.17 Å². The highest BCUT2D eigenvalue weighted by Crippen LogP contribution is 2.53. The van der Waals surface area contributed by atoms with Gasteiger partial charge in [-0.25, -0.2) is 0 Å². The molecule has 2 heteroatoms. The van der Waals surface area contributed by atoms with Crippen molar-refractivity contribution in [3.8, 4) is 61.3 Å². The average Bonchev–Trinajstić information content (AvgIpc) is 3.94. The van der Waals surface area contributed by atoms with Gasteiger partial charge in [0.2, 0.25) is 0 Å². The summed E-state index contributed by atoms with van der Waals surface area (Å²) in [5.74, 6) is 0. The Bertz CT molecular complexity index is 3690. The average molecular weight is 871 g/mol. The van der Waals surface area contributed by atoms with Crippen molar-refractivity contribution >= 4 is 38.9 Å². The van der Waals surface area contributed by atoms with Crippen molar-refractivity contribution in [1.82, 2.24) is 4.57 Å². The molecule has 0 atom stereocenters. The number of para-hydroxylation sites is 3. The van der Waals surface area contributed by atoms with E-state index in [1.54, 1.807) is 0 Å². The monoisotopic (exact) mass is 870 g/mol. The molecule has 2 aliphatic rings. The molecule has 10 aromatic carbocycles. The Kier molecular flexibility index (Phi) is 8.95. The summed E-state index contributed by atoms with van der Waals surface area (Å²) in [7, 11) is 0. The zero-order chi connectivity index (χ0) is 45.7. The number of hydrogen-bond donors (Lipinski definition) is 0. The number of benzene rings is 10. The highest BCUT2D eigenvalue weighted by molar-refractivity contribution is 6.14. The number of nitrogens with zero attached hydrogens (tertiary/aromatic N) is 2. The van der Waals surface area contributed by atoms with Gasteiger partial charge >= 0.3 is 0 Å². The largest absolute Gasteiger partial charge is 0.310 e. The molecule has 0 amide bonds. The summed E-state index contributed by atoms with van der Waals surface area (Å²) in [6, 6.07) is 85.6. The molecule has 0 unspecified atom stereocenters. The number of fused-ring (bicyclic) bond motifs is 9. The van der Waals surface area contributed by atoms with Crippen molar-refractivity contribution < 1.29 is 0 Å². The maximum atomic E-state index is 2.49. The highest BCUT2D eigenvalue weighted by Gasteiger charge is 2.38. The molecule has 0 spiro atoms. The van der Waals surface area contributed by atoms with E-state index in [9.17, 15) is 0 Å². The fraction of sp³-hybridized carbons (Fsp3) is 0.0909. The Morgan fingerprint density at radius 2 is 0.794 bits per heavy atom. The van der Waals surface area contributed by atoms with Gasteiger partial charge < -0.3 is 9.47 Å². The Morgan fingerprint density at radius 3 is 1.47 bits per heavy atom. The van der Waals surface area contributed by atoms with Crippen LogP contribution in [0.4, 0.5) is 17.1 Å². The van der Waals surface area contributed by atoms with Crippen LogP contribution in [0.25, 0.3) is 83.1 Å². The van der Waals surface area contributed by atoms with E-state index in [0.29, 0.717) is 0 Å². The van der Waals surface area contributed by atoms with Gasteiger partial charge in [0.1, 0.15) is 0 Å². The van der Waals surface area contributed by atoms with E-state index in [1.165, 1.54) is 94.1 Å².